The lowest BCUT2D eigenvalue weighted by molar-refractivity contribution is 0.577. The molecule has 0 heterocycles. The molecule has 3 unspecified atom stereocenters. The van der Waals surface area contributed by atoms with E-state index in [0.29, 0.717) is 0 Å². The summed E-state index contributed by atoms with van der Waals surface area (Å²) in [5.41, 5.74) is 5.89. The van der Waals surface area contributed by atoms with Gasteiger partial charge in [0, 0.05) is 28.3 Å². The molecular formula is C8H17NOS. The Morgan fingerprint density at radius 1 is 1.27 bits per heavy atom. The summed E-state index contributed by atoms with van der Waals surface area (Å²) in [4.78, 5) is 0. The van der Waals surface area contributed by atoms with Gasteiger partial charge in [0.2, 0.25) is 0 Å². The van der Waals surface area contributed by atoms with Crippen LogP contribution in [0.3, 0.4) is 0 Å². The van der Waals surface area contributed by atoms with Crippen molar-refractivity contribution in [3.8, 4) is 0 Å². The average Bonchev–Trinajstić information content (AvgIpc) is 2.13. The number of rotatable bonds is 1. The Morgan fingerprint density at radius 3 is 2.55 bits per heavy atom. The highest BCUT2D eigenvalue weighted by atomic mass is 32.2. The Kier molecular flexibility index (Phi) is 3.52. The topological polar surface area (TPSA) is 43.1 Å². The average molecular weight is 175 g/mol. The zero-order valence-corrected chi connectivity index (χ0v) is 7.90. The Hall–Kier alpha value is 0.110. The molecule has 0 amide bonds. The molecule has 3 heteroatoms. The van der Waals surface area contributed by atoms with Crippen molar-refractivity contribution < 1.29 is 4.21 Å². The molecule has 0 saturated heterocycles. The summed E-state index contributed by atoms with van der Waals surface area (Å²) in [6, 6.07) is 0.184. The number of nitrogens with two attached hydrogens (primary N) is 1. The highest BCUT2D eigenvalue weighted by Crippen LogP contribution is 2.19. The maximum atomic E-state index is 11.2. The van der Waals surface area contributed by atoms with E-state index in [-0.39, 0.29) is 11.3 Å². The SMILES string of the molecule is CS(=O)C1CCCCCC1N. The predicted octanol–water partition coefficient (Wildman–Crippen LogP) is 1.02. The molecule has 2 nitrogen and oxygen atoms in total. The highest BCUT2D eigenvalue weighted by Gasteiger charge is 2.22. The Morgan fingerprint density at radius 2 is 1.91 bits per heavy atom. The second-order valence-corrected chi connectivity index (χ2v) is 4.94. The van der Waals surface area contributed by atoms with Crippen molar-refractivity contribution in [2.24, 2.45) is 5.73 Å². The fourth-order valence-corrected chi connectivity index (χ4v) is 2.84. The lowest BCUT2D eigenvalue weighted by Gasteiger charge is -2.17. The molecule has 1 rings (SSSR count). The summed E-state index contributed by atoms with van der Waals surface area (Å²) in [6.07, 6.45) is 7.58. The number of hydrogen-bond donors (Lipinski definition) is 1. The predicted molar refractivity (Wildman–Crippen MR) is 48.9 cm³/mol. The van der Waals surface area contributed by atoms with Crippen LogP contribution in [0.4, 0.5) is 0 Å². The molecule has 1 aliphatic carbocycles. The van der Waals surface area contributed by atoms with Crippen molar-refractivity contribution in [2.75, 3.05) is 6.26 Å². The van der Waals surface area contributed by atoms with Crippen LogP contribution in [0.25, 0.3) is 0 Å². The summed E-state index contributed by atoms with van der Waals surface area (Å²) < 4.78 is 11.2. The van der Waals surface area contributed by atoms with Crippen LogP contribution >= 0.6 is 0 Å². The van der Waals surface area contributed by atoms with Gasteiger partial charge >= 0.3 is 0 Å². The molecule has 0 spiro atoms. The molecule has 66 valence electrons. The van der Waals surface area contributed by atoms with Crippen LogP contribution in [-0.4, -0.2) is 21.8 Å². The molecule has 0 aromatic carbocycles. The molecule has 3 atom stereocenters. The van der Waals surface area contributed by atoms with Gasteiger partial charge < -0.3 is 5.73 Å². The van der Waals surface area contributed by atoms with Gasteiger partial charge in [0.15, 0.2) is 0 Å². The largest absolute Gasteiger partial charge is 0.327 e. The van der Waals surface area contributed by atoms with Crippen LogP contribution in [0, 0.1) is 0 Å². The van der Waals surface area contributed by atoms with Crippen LogP contribution in [-0.2, 0) is 10.8 Å². The van der Waals surface area contributed by atoms with Crippen LogP contribution in [0.15, 0.2) is 0 Å². The van der Waals surface area contributed by atoms with E-state index in [1.165, 1.54) is 19.3 Å². The fraction of sp³-hybridized carbons (Fsp3) is 1.00. The van der Waals surface area contributed by atoms with Crippen molar-refractivity contribution in [3.63, 3.8) is 0 Å². The van der Waals surface area contributed by atoms with E-state index < -0.39 is 10.8 Å². The van der Waals surface area contributed by atoms with Gasteiger partial charge in [0.1, 0.15) is 0 Å². The molecule has 0 aromatic heterocycles. The van der Waals surface area contributed by atoms with E-state index in [1.807, 2.05) is 0 Å². The van der Waals surface area contributed by atoms with Gasteiger partial charge in [-0.05, 0) is 12.8 Å². The monoisotopic (exact) mass is 175 g/mol. The van der Waals surface area contributed by atoms with Crippen molar-refractivity contribution in [1.82, 2.24) is 0 Å². The minimum absolute atomic E-state index is 0.184. The van der Waals surface area contributed by atoms with Gasteiger partial charge in [0.25, 0.3) is 0 Å². The zero-order chi connectivity index (χ0) is 8.27. The van der Waals surface area contributed by atoms with Gasteiger partial charge in [-0.1, -0.05) is 19.3 Å². The summed E-state index contributed by atoms with van der Waals surface area (Å²) in [5, 5.41) is 0.262. The Balaban J connectivity index is 2.52. The first kappa shape index (κ1) is 9.20. The van der Waals surface area contributed by atoms with Crippen molar-refractivity contribution >= 4 is 10.8 Å². The van der Waals surface area contributed by atoms with E-state index in [9.17, 15) is 4.21 Å². The van der Waals surface area contributed by atoms with Gasteiger partial charge in [-0.15, -0.1) is 0 Å². The van der Waals surface area contributed by atoms with E-state index in [4.69, 9.17) is 5.73 Å². The van der Waals surface area contributed by atoms with Crippen molar-refractivity contribution in [1.29, 1.82) is 0 Å². The summed E-state index contributed by atoms with van der Waals surface area (Å²) in [5.74, 6) is 0. The molecule has 11 heavy (non-hydrogen) atoms. The summed E-state index contributed by atoms with van der Waals surface area (Å²) in [6.45, 7) is 0. The van der Waals surface area contributed by atoms with E-state index >= 15 is 0 Å². The standard InChI is InChI=1S/C8H17NOS/c1-11(10)8-6-4-2-3-5-7(8)9/h7-8H,2-6,9H2,1H3. The smallest absolute Gasteiger partial charge is 0.0496 e. The van der Waals surface area contributed by atoms with Crippen LogP contribution in [0.5, 0.6) is 0 Å². The van der Waals surface area contributed by atoms with Gasteiger partial charge in [0.05, 0.1) is 0 Å². The second-order valence-electron chi connectivity index (χ2n) is 3.34. The lowest BCUT2D eigenvalue weighted by atomic mass is 10.1. The molecule has 0 bridgehead atoms. The molecule has 0 aliphatic heterocycles. The number of hydrogen-bond acceptors (Lipinski definition) is 2. The minimum atomic E-state index is -0.718. The van der Waals surface area contributed by atoms with Crippen molar-refractivity contribution in [2.45, 2.75) is 43.4 Å². The van der Waals surface area contributed by atoms with Gasteiger partial charge in [-0.2, -0.15) is 0 Å². The first-order valence-corrected chi connectivity index (χ1v) is 5.92. The summed E-state index contributed by atoms with van der Waals surface area (Å²) >= 11 is 0. The highest BCUT2D eigenvalue weighted by molar-refractivity contribution is 7.84. The lowest BCUT2D eigenvalue weighted by Crippen LogP contribution is -2.36. The Labute approximate surface area is 71.0 Å². The molecule has 1 aliphatic rings. The van der Waals surface area contributed by atoms with E-state index in [0.717, 1.165) is 12.8 Å². The molecule has 0 aromatic rings. The van der Waals surface area contributed by atoms with Crippen LogP contribution in [0.2, 0.25) is 0 Å². The third-order valence-corrected chi connectivity index (χ3v) is 3.87. The van der Waals surface area contributed by atoms with Crippen LogP contribution in [0.1, 0.15) is 32.1 Å². The van der Waals surface area contributed by atoms with E-state index in [1.54, 1.807) is 6.26 Å². The fourth-order valence-electron chi connectivity index (χ4n) is 1.71. The Bertz CT molecular complexity index is 149. The van der Waals surface area contributed by atoms with E-state index in [2.05, 4.69) is 0 Å². The third kappa shape index (κ3) is 2.56. The third-order valence-electron chi connectivity index (χ3n) is 2.43. The molecule has 2 N–H and O–H groups in total. The maximum absolute atomic E-state index is 11.2. The molecular weight excluding hydrogens is 158 g/mol. The van der Waals surface area contributed by atoms with Gasteiger partial charge in [-0.3, -0.25) is 4.21 Å². The van der Waals surface area contributed by atoms with Crippen molar-refractivity contribution in [3.05, 3.63) is 0 Å². The molecule has 1 fully saturated rings. The molecule has 1 saturated carbocycles. The van der Waals surface area contributed by atoms with Crippen LogP contribution < -0.4 is 5.73 Å². The molecule has 0 radical (unpaired) electrons. The first-order chi connectivity index (χ1) is 5.22. The second kappa shape index (κ2) is 4.21. The first-order valence-electron chi connectivity index (χ1n) is 4.29. The van der Waals surface area contributed by atoms with Gasteiger partial charge in [-0.25, -0.2) is 0 Å². The quantitative estimate of drug-likeness (QED) is 0.605. The maximum Gasteiger partial charge on any atom is 0.0496 e. The normalized spacial score (nSPS) is 36.2. The summed E-state index contributed by atoms with van der Waals surface area (Å²) in [7, 11) is -0.718. The zero-order valence-electron chi connectivity index (χ0n) is 7.08. The minimum Gasteiger partial charge on any atom is -0.327 e.